The van der Waals surface area contributed by atoms with Gasteiger partial charge in [-0.2, -0.15) is 5.10 Å². The number of hydrazone groups is 1. The predicted octanol–water partition coefficient (Wildman–Crippen LogP) is 4.14. The molecular weight excluding hydrogens is 472 g/mol. The first-order valence-electron chi connectivity index (χ1n) is 10.5. The van der Waals surface area contributed by atoms with Crippen molar-refractivity contribution in [3.63, 3.8) is 0 Å². The number of aromatic nitrogens is 5. The monoisotopic (exact) mass is 494 g/mol. The number of halogens is 1. The Kier molecular flexibility index (Phi) is 6.99. The number of hydrogen-bond acceptors (Lipinski definition) is 7. The number of thiophene rings is 1. The summed E-state index contributed by atoms with van der Waals surface area (Å²) in [7, 11) is 0. The fourth-order valence-electron chi connectivity index (χ4n) is 3.42. The van der Waals surface area contributed by atoms with Gasteiger partial charge in [0, 0.05) is 40.3 Å². The van der Waals surface area contributed by atoms with E-state index in [2.05, 4.69) is 49.1 Å². The Balaban J connectivity index is 0.000000210. The molecule has 11 heteroatoms. The molecule has 2 N–H and O–H groups in total. The topological polar surface area (TPSA) is 113 Å². The zero-order valence-electron chi connectivity index (χ0n) is 19.1. The van der Waals surface area contributed by atoms with Crippen LogP contribution in [0.4, 0.5) is 0 Å². The van der Waals surface area contributed by atoms with Gasteiger partial charge in [-0.15, -0.1) is 21.5 Å². The molecule has 0 unspecified atom stereocenters. The number of aromatic amines is 1. The molecular formula is C23H23ClN8OS. The van der Waals surface area contributed by atoms with Crippen LogP contribution in [0, 0.1) is 20.8 Å². The fourth-order valence-corrected chi connectivity index (χ4v) is 4.77. The highest BCUT2D eigenvalue weighted by Gasteiger charge is 2.26. The van der Waals surface area contributed by atoms with Crippen molar-refractivity contribution in [1.29, 1.82) is 0 Å². The van der Waals surface area contributed by atoms with E-state index in [1.165, 1.54) is 29.1 Å². The summed E-state index contributed by atoms with van der Waals surface area (Å²) in [5.41, 5.74) is 6.78. The minimum atomic E-state index is -0.201. The van der Waals surface area contributed by atoms with E-state index < -0.39 is 0 Å². The number of nitrogens with one attached hydrogen (secondary N) is 2. The third-order valence-corrected chi connectivity index (χ3v) is 6.57. The molecule has 4 aromatic rings. The van der Waals surface area contributed by atoms with Crippen molar-refractivity contribution < 1.29 is 4.79 Å². The molecule has 1 aliphatic heterocycles. The summed E-state index contributed by atoms with van der Waals surface area (Å²) in [6.07, 6.45) is 4.71. The molecule has 0 aliphatic carbocycles. The number of rotatable bonds is 3. The van der Waals surface area contributed by atoms with Gasteiger partial charge in [0.15, 0.2) is 5.82 Å². The van der Waals surface area contributed by atoms with Crippen molar-refractivity contribution in [3.05, 3.63) is 80.7 Å². The van der Waals surface area contributed by atoms with Crippen LogP contribution in [-0.2, 0) is 11.3 Å². The standard InChI is InChI=1S/C17H15ClN4S.C6H8N4O/c1-9-10(2)23-17-15(9)16(12-4-6-13(18)7-5-12)19-8-14-21-20-11(3)22(14)17;1-5(11)10-9-4-6-7-2-3-8-6/h4-7H,8H2,1-3H3;2-4H,1H3,(H,7,8)(H,10,11)/b;9-4+. The number of amides is 1. The molecule has 0 bridgehead atoms. The summed E-state index contributed by atoms with van der Waals surface area (Å²) in [4.78, 5) is 23.1. The third kappa shape index (κ3) is 4.97. The molecule has 0 atom stereocenters. The average Bonchev–Trinajstić information content (AvgIpc) is 3.49. The van der Waals surface area contributed by atoms with Gasteiger partial charge in [-0.05, 0) is 38.5 Å². The lowest BCUT2D eigenvalue weighted by atomic mass is 10.00. The van der Waals surface area contributed by atoms with E-state index >= 15 is 0 Å². The Morgan fingerprint density at radius 3 is 2.68 bits per heavy atom. The average molecular weight is 495 g/mol. The zero-order chi connectivity index (χ0) is 24.2. The SMILES string of the molecule is CC(=O)N/N=C/c1ncc[nH]1.Cc1sc2c(c1C)C(c1ccc(Cl)cc1)=NCc1nnc(C)n1-2. The largest absolute Gasteiger partial charge is 0.344 e. The minimum Gasteiger partial charge on any atom is -0.344 e. The van der Waals surface area contributed by atoms with Crippen molar-refractivity contribution in [3.8, 4) is 5.00 Å². The van der Waals surface area contributed by atoms with Gasteiger partial charge in [-0.1, -0.05) is 23.7 Å². The summed E-state index contributed by atoms with van der Waals surface area (Å²) < 4.78 is 2.13. The maximum atomic E-state index is 10.3. The van der Waals surface area contributed by atoms with Gasteiger partial charge in [0.25, 0.3) is 0 Å². The summed E-state index contributed by atoms with van der Waals surface area (Å²) >= 11 is 7.80. The number of carbonyl (C=O) groups excluding carboxylic acids is 1. The van der Waals surface area contributed by atoms with Crippen LogP contribution in [-0.4, -0.2) is 42.6 Å². The molecule has 3 aromatic heterocycles. The van der Waals surface area contributed by atoms with Crippen LogP contribution < -0.4 is 5.43 Å². The van der Waals surface area contributed by atoms with Crippen LogP contribution in [0.1, 0.15) is 46.0 Å². The quantitative estimate of drug-likeness (QED) is 0.329. The van der Waals surface area contributed by atoms with Gasteiger partial charge in [0.05, 0.1) is 11.9 Å². The highest BCUT2D eigenvalue weighted by molar-refractivity contribution is 7.15. The van der Waals surface area contributed by atoms with E-state index in [1.54, 1.807) is 23.7 Å². The van der Waals surface area contributed by atoms with Crippen LogP contribution in [0.2, 0.25) is 5.02 Å². The maximum Gasteiger partial charge on any atom is 0.236 e. The first-order valence-corrected chi connectivity index (χ1v) is 11.7. The Bertz CT molecular complexity index is 1370. The van der Waals surface area contributed by atoms with Crippen molar-refractivity contribution in [2.45, 2.75) is 34.2 Å². The van der Waals surface area contributed by atoms with Crippen molar-refractivity contribution in [2.24, 2.45) is 10.1 Å². The number of nitrogens with zero attached hydrogens (tertiary/aromatic N) is 6. The number of aliphatic imine (C=N–C) groups is 1. The number of hydrogen-bond donors (Lipinski definition) is 2. The molecule has 0 saturated carbocycles. The second kappa shape index (κ2) is 10.1. The highest BCUT2D eigenvalue weighted by atomic mass is 35.5. The summed E-state index contributed by atoms with van der Waals surface area (Å²) in [5.74, 6) is 2.19. The van der Waals surface area contributed by atoms with Gasteiger partial charge in [0.1, 0.15) is 23.2 Å². The number of H-pyrrole nitrogens is 1. The van der Waals surface area contributed by atoms with E-state index in [0.717, 1.165) is 32.9 Å². The third-order valence-electron chi connectivity index (χ3n) is 5.12. The first kappa shape index (κ1) is 23.5. The molecule has 1 amide bonds. The van der Waals surface area contributed by atoms with Crippen molar-refractivity contribution in [1.82, 2.24) is 30.2 Å². The van der Waals surface area contributed by atoms with Gasteiger partial charge in [-0.3, -0.25) is 14.4 Å². The Hall–Kier alpha value is -3.63. The Labute approximate surface area is 205 Å². The van der Waals surface area contributed by atoms with E-state index in [4.69, 9.17) is 16.6 Å². The molecule has 5 rings (SSSR count). The van der Waals surface area contributed by atoms with Gasteiger partial charge in [-0.25, -0.2) is 10.4 Å². The van der Waals surface area contributed by atoms with Crippen LogP contribution in [0.15, 0.2) is 46.8 Å². The molecule has 0 saturated heterocycles. The predicted molar refractivity (Wildman–Crippen MR) is 134 cm³/mol. The Morgan fingerprint density at radius 1 is 1.24 bits per heavy atom. The number of benzene rings is 1. The van der Waals surface area contributed by atoms with Crippen LogP contribution >= 0.6 is 22.9 Å². The second-order valence-corrected chi connectivity index (χ2v) is 9.17. The number of aryl methyl sites for hydroxylation is 2. The number of imidazole rings is 1. The molecule has 1 aliphatic rings. The molecule has 1 aromatic carbocycles. The van der Waals surface area contributed by atoms with E-state index in [9.17, 15) is 4.79 Å². The van der Waals surface area contributed by atoms with E-state index in [0.29, 0.717) is 12.4 Å². The normalized spacial score (nSPS) is 12.3. The molecule has 34 heavy (non-hydrogen) atoms. The summed E-state index contributed by atoms with van der Waals surface area (Å²) in [6, 6.07) is 7.86. The molecule has 174 valence electrons. The maximum absolute atomic E-state index is 10.3. The molecule has 0 radical (unpaired) electrons. The molecule has 4 heterocycles. The molecule has 9 nitrogen and oxygen atoms in total. The minimum absolute atomic E-state index is 0.201. The van der Waals surface area contributed by atoms with Crippen molar-refractivity contribution >= 4 is 40.8 Å². The lowest BCUT2D eigenvalue weighted by Gasteiger charge is -2.09. The fraction of sp³-hybridized carbons (Fsp3) is 0.217. The number of carbonyl (C=O) groups is 1. The Morgan fingerprint density at radius 2 is 2.00 bits per heavy atom. The van der Waals surface area contributed by atoms with Gasteiger partial charge >= 0.3 is 0 Å². The first-order chi connectivity index (χ1) is 16.3. The van der Waals surface area contributed by atoms with Crippen LogP contribution in [0.3, 0.4) is 0 Å². The van der Waals surface area contributed by atoms with E-state index in [1.807, 2.05) is 31.2 Å². The molecule has 0 spiro atoms. The van der Waals surface area contributed by atoms with Crippen molar-refractivity contribution in [2.75, 3.05) is 0 Å². The smallest absolute Gasteiger partial charge is 0.236 e. The molecule has 0 fully saturated rings. The summed E-state index contributed by atoms with van der Waals surface area (Å²) in [5, 5.41) is 14.0. The lowest BCUT2D eigenvalue weighted by Crippen LogP contribution is -2.12. The summed E-state index contributed by atoms with van der Waals surface area (Å²) in [6.45, 7) is 8.20. The van der Waals surface area contributed by atoms with E-state index in [-0.39, 0.29) is 5.91 Å². The van der Waals surface area contributed by atoms with Crippen LogP contribution in [0.5, 0.6) is 0 Å². The van der Waals surface area contributed by atoms with Gasteiger partial charge in [0.2, 0.25) is 5.91 Å². The highest BCUT2D eigenvalue weighted by Crippen LogP contribution is 2.36. The zero-order valence-corrected chi connectivity index (χ0v) is 20.7. The second-order valence-electron chi connectivity index (χ2n) is 7.53. The van der Waals surface area contributed by atoms with Crippen LogP contribution in [0.25, 0.3) is 5.00 Å². The number of fused-ring (bicyclic) bond motifs is 3. The lowest BCUT2D eigenvalue weighted by molar-refractivity contribution is -0.118. The van der Waals surface area contributed by atoms with Gasteiger partial charge < -0.3 is 4.98 Å².